The van der Waals surface area contributed by atoms with E-state index in [0.717, 1.165) is 19.3 Å². The van der Waals surface area contributed by atoms with Gasteiger partial charge in [-0.25, -0.2) is 0 Å². The fourth-order valence-corrected chi connectivity index (χ4v) is 2.57. The van der Waals surface area contributed by atoms with Crippen molar-refractivity contribution in [2.24, 2.45) is 5.41 Å². The van der Waals surface area contributed by atoms with Gasteiger partial charge < -0.3 is 5.11 Å². The first-order valence-electron chi connectivity index (χ1n) is 9.39. The Balaban J connectivity index is 3.29. The number of rotatable bonds is 15. The third kappa shape index (κ3) is 12.9. The van der Waals surface area contributed by atoms with Crippen LogP contribution >= 0.6 is 0 Å². The summed E-state index contributed by atoms with van der Waals surface area (Å²) in [6, 6.07) is 0. The zero-order valence-electron chi connectivity index (χ0n) is 15.2. The topological polar surface area (TPSA) is 37.3 Å². The molecule has 0 saturated heterocycles. The van der Waals surface area contributed by atoms with Crippen LogP contribution in [0.1, 0.15) is 104 Å². The van der Waals surface area contributed by atoms with Gasteiger partial charge in [-0.3, -0.25) is 4.79 Å². The predicted octanol–water partition coefficient (Wildman–Crippen LogP) is 6.74. The van der Waals surface area contributed by atoms with E-state index in [-0.39, 0.29) is 0 Å². The first kappa shape index (κ1) is 21.2. The van der Waals surface area contributed by atoms with Gasteiger partial charge in [-0.2, -0.15) is 0 Å². The summed E-state index contributed by atoms with van der Waals surface area (Å²) in [6.07, 6.45) is 20.7. The van der Waals surface area contributed by atoms with E-state index < -0.39 is 11.4 Å². The Morgan fingerprint density at radius 2 is 1.27 bits per heavy atom. The molecule has 2 nitrogen and oxygen atoms in total. The molecular formula is C20H38O2. The van der Waals surface area contributed by atoms with E-state index >= 15 is 0 Å². The van der Waals surface area contributed by atoms with Crippen molar-refractivity contribution in [1.82, 2.24) is 0 Å². The number of carboxylic acids is 1. The molecule has 0 aromatic heterocycles. The second-order valence-electron chi connectivity index (χ2n) is 7.17. The van der Waals surface area contributed by atoms with Gasteiger partial charge >= 0.3 is 5.97 Å². The minimum atomic E-state index is -0.676. The summed E-state index contributed by atoms with van der Waals surface area (Å²) in [4.78, 5) is 11.0. The standard InChI is InChI=1S/C20H38O2/c1-4-5-6-7-8-9-10-11-12-13-14-15-16-17-18-20(2,3)19(21)22/h11-12H,4-10,13-18H2,1-3H3,(H,21,22). The van der Waals surface area contributed by atoms with Crippen LogP contribution in [0.4, 0.5) is 0 Å². The molecule has 0 saturated carbocycles. The summed E-state index contributed by atoms with van der Waals surface area (Å²) in [6.45, 7) is 5.90. The average molecular weight is 311 g/mol. The highest BCUT2D eigenvalue weighted by atomic mass is 16.4. The average Bonchev–Trinajstić information content (AvgIpc) is 2.47. The van der Waals surface area contributed by atoms with Gasteiger partial charge in [0.2, 0.25) is 0 Å². The van der Waals surface area contributed by atoms with Crippen molar-refractivity contribution < 1.29 is 9.90 Å². The molecular weight excluding hydrogens is 272 g/mol. The molecule has 1 N–H and O–H groups in total. The van der Waals surface area contributed by atoms with E-state index in [1.807, 2.05) is 13.8 Å². The molecule has 0 amide bonds. The van der Waals surface area contributed by atoms with Gasteiger partial charge in [0.15, 0.2) is 0 Å². The van der Waals surface area contributed by atoms with Crippen molar-refractivity contribution in [2.45, 2.75) is 104 Å². The van der Waals surface area contributed by atoms with Crippen LogP contribution in [0.5, 0.6) is 0 Å². The van der Waals surface area contributed by atoms with Crippen LogP contribution < -0.4 is 0 Å². The number of carboxylic acid groups (broad SMARTS) is 1. The summed E-state index contributed by atoms with van der Waals surface area (Å²) in [5, 5.41) is 9.04. The maximum Gasteiger partial charge on any atom is 0.309 e. The van der Waals surface area contributed by atoms with E-state index in [4.69, 9.17) is 5.11 Å². The summed E-state index contributed by atoms with van der Waals surface area (Å²) in [5.41, 5.74) is -0.559. The van der Waals surface area contributed by atoms with Crippen molar-refractivity contribution >= 4 is 5.97 Å². The molecule has 0 rings (SSSR count). The minimum Gasteiger partial charge on any atom is -0.481 e. The van der Waals surface area contributed by atoms with Crippen LogP contribution in [0.15, 0.2) is 12.2 Å². The molecule has 130 valence electrons. The third-order valence-electron chi connectivity index (χ3n) is 4.39. The van der Waals surface area contributed by atoms with E-state index in [0.29, 0.717) is 0 Å². The van der Waals surface area contributed by atoms with Gasteiger partial charge in [0.05, 0.1) is 5.41 Å². The van der Waals surface area contributed by atoms with E-state index in [2.05, 4.69) is 19.1 Å². The lowest BCUT2D eigenvalue weighted by Gasteiger charge is -2.18. The molecule has 0 unspecified atom stereocenters. The van der Waals surface area contributed by atoms with Gasteiger partial charge in [-0.15, -0.1) is 0 Å². The molecule has 0 aliphatic rings. The largest absolute Gasteiger partial charge is 0.481 e. The Morgan fingerprint density at radius 3 is 1.77 bits per heavy atom. The fourth-order valence-electron chi connectivity index (χ4n) is 2.57. The summed E-state index contributed by atoms with van der Waals surface area (Å²) >= 11 is 0. The van der Waals surface area contributed by atoms with Crippen LogP contribution in [0.2, 0.25) is 0 Å². The Morgan fingerprint density at radius 1 is 0.818 bits per heavy atom. The number of hydrogen-bond donors (Lipinski definition) is 1. The maximum absolute atomic E-state index is 11.0. The van der Waals surface area contributed by atoms with Gasteiger partial charge in [-0.05, 0) is 46.0 Å². The van der Waals surface area contributed by atoms with Crippen molar-refractivity contribution in [3.05, 3.63) is 12.2 Å². The molecule has 0 radical (unpaired) electrons. The number of aliphatic carboxylic acids is 1. The maximum atomic E-state index is 11.0. The number of allylic oxidation sites excluding steroid dienone is 2. The number of carbonyl (C=O) groups is 1. The van der Waals surface area contributed by atoms with Gasteiger partial charge in [0.25, 0.3) is 0 Å². The van der Waals surface area contributed by atoms with E-state index in [1.54, 1.807) is 0 Å². The minimum absolute atomic E-state index is 0.559. The van der Waals surface area contributed by atoms with Crippen LogP contribution in [0.25, 0.3) is 0 Å². The monoisotopic (exact) mass is 310 g/mol. The molecule has 0 bridgehead atoms. The van der Waals surface area contributed by atoms with Crippen molar-refractivity contribution in [3.8, 4) is 0 Å². The van der Waals surface area contributed by atoms with Crippen molar-refractivity contribution in [2.75, 3.05) is 0 Å². The van der Waals surface area contributed by atoms with E-state index in [1.165, 1.54) is 64.2 Å². The highest BCUT2D eigenvalue weighted by molar-refractivity contribution is 5.73. The van der Waals surface area contributed by atoms with Gasteiger partial charge in [0, 0.05) is 0 Å². The Kier molecular flexibility index (Phi) is 13.3. The lowest BCUT2D eigenvalue weighted by Crippen LogP contribution is -2.23. The quantitative estimate of drug-likeness (QED) is 0.268. The summed E-state index contributed by atoms with van der Waals surface area (Å²) < 4.78 is 0. The first-order chi connectivity index (χ1) is 10.5. The predicted molar refractivity (Wildman–Crippen MR) is 96.3 cm³/mol. The Labute approximate surface area is 138 Å². The van der Waals surface area contributed by atoms with E-state index in [9.17, 15) is 4.79 Å². The van der Waals surface area contributed by atoms with Crippen molar-refractivity contribution in [1.29, 1.82) is 0 Å². The molecule has 0 aromatic rings. The molecule has 2 heteroatoms. The van der Waals surface area contributed by atoms with Gasteiger partial charge in [0.1, 0.15) is 0 Å². The molecule has 0 fully saturated rings. The number of unbranched alkanes of at least 4 members (excludes halogenated alkanes) is 10. The molecule has 0 spiro atoms. The van der Waals surface area contributed by atoms with Crippen molar-refractivity contribution in [3.63, 3.8) is 0 Å². The highest BCUT2D eigenvalue weighted by Crippen LogP contribution is 2.24. The third-order valence-corrected chi connectivity index (χ3v) is 4.39. The summed E-state index contributed by atoms with van der Waals surface area (Å²) in [7, 11) is 0. The van der Waals surface area contributed by atoms with Gasteiger partial charge in [-0.1, -0.05) is 70.4 Å². The molecule has 0 aromatic carbocycles. The molecule has 22 heavy (non-hydrogen) atoms. The number of hydrogen-bond acceptors (Lipinski definition) is 1. The lowest BCUT2D eigenvalue weighted by molar-refractivity contribution is -0.147. The van der Waals surface area contributed by atoms with Crippen LogP contribution in [0.3, 0.4) is 0 Å². The normalized spacial score (nSPS) is 12.1. The molecule has 0 atom stereocenters. The van der Waals surface area contributed by atoms with Crippen LogP contribution in [-0.4, -0.2) is 11.1 Å². The molecule has 0 heterocycles. The zero-order valence-corrected chi connectivity index (χ0v) is 15.2. The Bertz CT molecular complexity index is 292. The highest BCUT2D eigenvalue weighted by Gasteiger charge is 2.25. The molecule has 0 aliphatic carbocycles. The van der Waals surface area contributed by atoms with Crippen LogP contribution in [-0.2, 0) is 4.79 Å². The first-order valence-corrected chi connectivity index (χ1v) is 9.39. The lowest BCUT2D eigenvalue weighted by atomic mass is 9.87. The summed E-state index contributed by atoms with van der Waals surface area (Å²) in [5.74, 6) is -0.676. The van der Waals surface area contributed by atoms with Crippen LogP contribution in [0, 0.1) is 5.41 Å². The second-order valence-corrected chi connectivity index (χ2v) is 7.17. The zero-order chi connectivity index (χ0) is 16.7. The Hall–Kier alpha value is -0.790. The fraction of sp³-hybridized carbons (Fsp3) is 0.850. The second kappa shape index (κ2) is 13.8. The smallest absolute Gasteiger partial charge is 0.309 e. The SMILES string of the molecule is CCCCCCCCC=CCCCCCCC(C)(C)C(=O)O. The molecule has 0 aliphatic heterocycles.